The number of anilines is 1. The molecule has 36 heavy (non-hydrogen) atoms. The zero-order chi connectivity index (χ0) is 24.9. The first-order valence-electron chi connectivity index (χ1n) is 12.3. The number of rotatable bonds is 7. The molecular formula is C27H30N4O4S. The highest BCUT2D eigenvalue weighted by Gasteiger charge is 2.19. The molecule has 0 unspecified atom stereocenters. The van der Waals surface area contributed by atoms with Gasteiger partial charge in [0.25, 0.3) is 5.91 Å². The Kier molecular flexibility index (Phi) is 7.36. The fourth-order valence-corrected chi connectivity index (χ4v) is 5.38. The molecule has 3 aromatic rings. The lowest BCUT2D eigenvalue weighted by molar-refractivity contribution is -0.118. The molecule has 0 radical (unpaired) electrons. The number of ether oxygens (including phenoxy) is 3. The molecule has 1 aromatic heterocycles. The van der Waals surface area contributed by atoms with Crippen LogP contribution in [0.5, 0.6) is 17.2 Å². The van der Waals surface area contributed by atoms with Gasteiger partial charge in [-0.05, 0) is 61.7 Å². The highest BCUT2D eigenvalue weighted by Crippen LogP contribution is 2.33. The number of benzene rings is 2. The summed E-state index contributed by atoms with van der Waals surface area (Å²) >= 11 is 1.57. The summed E-state index contributed by atoms with van der Waals surface area (Å²) in [7, 11) is 1.63. The van der Waals surface area contributed by atoms with E-state index >= 15 is 0 Å². The maximum Gasteiger partial charge on any atom is 0.262 e. The van der Waals surface area contributed by atoms with E-state index in [1.165, 1.54) is 19.3 Å². The molecule has 9 heteroatoms. The molecule has 1 fully saturated rings. The molecule has 1 saturated carbocycles. The van der Waals surface area contributed by atoms with E-state index in [-0.39, 0.29) is 12.5 Å². The van der Waals surface area contributed by atoms with Gasteiger partial charge in [0.2, 0.25) is 4.80 Å². The second kappa shape index (κ2) is 11.0. The molecule has 5 rings (SSSR count). The van der Waals surface area contributed by atoms with Crippen LogP contribution in [0.3, 0.4) is 0 Å². The van der Waals surface area contributed by atoms with Crippen molar-refractivity contribution in [2.75, 3.05) is 25.6 Å². The second-order valence-corrected chi connectivity index (χ2v) is 9.61. The molecule has 2 heterocycles. The van der Waals surface area contributed by atoms with Gasteiger partial charge in [0.15, 0.2) is 18.1 Å². The maximum atomic E-state index is 11.8. The highest BCUT2D eigenvalue weighted by atomic mass is 32.1. The van der Waals surface area contributed by atoms with E-state index in [1.807, 2.05) is 48.0 Å². The number of hydrogen-bond donors (Lipinski definition) is 1. The third-order valence-corrected chi connectivity index (χ3v) is 7.10. The average Bonchev–Trinajstić information content (AvgIpc) is 3.30. The Balaban J connectivity index is 1.54. The minimum absolute atomic E-state index is 0.0328. The van der Waals surface area contributed by atoms with Gasteiger partial charge in [-0.25, -0.2) is 4.68 Å². The topological polar surface area (TPSA) is 86.4 Å². The van der Waals surface area contributed by atoms with E-state index in [4.69, 9.17) is 24.3 Å². The van der Waals surface area contributed by atoms with Crippen LogP contribution in [-0.4, -0.2) is 43.2 Å². The number of nitrogens with zero attached hydrogens (tertiary/aromatic N) is 3. The molecule has 0 saturated heterocycles. The monoisotopic (exact) mass is 506 g/mol. The molecule has 0 atom stereocenters. The number of carbonyl (C=O) groups is 1. The first-order chi connectivity index (χ1) is 17.6. The minimum atomic E-state index is -0.159. The Hall–Kier alpha value is -3.59. The summed E-state index contributed by atoms with van der Waals surface area (Å²) in [6.45, 7) is 2.54. The van der Waals surface area contributed by atoms with Crippen LogP contribution in [0, 0.1) is 0 Å². The van der Waals surface area contributed by atoms with Crippen LogP contribution >= 0.6 is 11.3 Å². The van der Waals surface area contributed by atoms with Gasteiger partial charge in [-0.15, -0.1) is 11.3 Å². The SMILES string of the molecule is CCOc1ccc(C=Nn2c(-c3ccc4c(c3)NC(=O)CO4)csc2=NC2CCCCC2)cc1OC. The second-order valence-electron chi connectivity index (χ2n) is 8.77. The van der Waals surface area contributed by atoms with Gasteiger partial charge in [-0.2, -0.15) is 5.10 Å². The number of thiazole rings is 1. The molecule has 0 bridgehead atoms. The van der Waals surface area contributed by atoms with Crippen LogP contribution in [0.4, 0.5) is 5.69 Å². The lowest BCUT2D eigenvalue weighted by Crippen LogP contribution is -2.25. The van der Waals surface area contributed by atoms with Crippen molar-refractivity contribution in [2.45, 2.75) is 45.1 Å². The lowest BCUT2D eigenvalue weighted by atomic mass is 9.96. The van der Waals surface area contributed by atoms with E-state index < -0.39 is 0 Å². The maximum absolute atomic E-state index is 11.8. The molecule has 1 N–H and O–H groups in total. The van der Waals surface area contributed by atoms with Crippen LogP contribution in [0.2, 0.25) is 0 Å². The predicted molar refractivity (Wildman–Crippen MR) is 141 cm³/mol. The van der Waals surface area contributed by atoms with Crippen LogP contribution in [0.1, 0.15) is 44.6 Å². The molecule has 1 aliphatic heterocycles. The number of amides is 1. The molecule has 2 aromatic carbocycles. The summed E-state index contributed by atoms with van der Waals surface area (Å²) in [5.41, 5.74) is 3.36. The number of fused-ring (bicyclic) bond motifs is 1. The lowest BCUT2D eigenvalue weighted by Gasteiger charge is -2.18. The van der Waals surface area contributed by atoms with Gasteiger partial charge >= 0.3 is 0 Å². The Morgan fingerprint density at radius 3 is 2.83 bits per heavy atom. The van der Waals surface area contributed by atoms with E-state index in [0.29, 0.717) is 35.6 Å². The summed E-state index contributed by atoms with van der Waals surface area (Å²) in [6.07, 6.45) is 7.73. The van der Waals surface area contributed by atoms with Crippen molar-refractivity contribution < 1.29 is 19.0 Å². The molecule has 188 valence electrons. The third-order valence-electron chi connectivity index (χ3n) is 6.27. The zero-order valence-corrected chi connectivity index (χ0v) is 21.3. The minimum Gasteiger partial charge on any atom is -0.493 e. The van der Waals surface area contributed by atoms with Gasteiger partial charge in [-0.3, -0.25) is 9.79 Å². The quantitative estimate of drug-likeness (QED) is 0.453. The number of methoxy groups -OCH3 is 1. The number of nitrogens with one attached hydrogen (secondary N) is 1. The van der Waals surface area contributed by atoms with E-state index in [2.05, 4.69) is 10.7 Å². The Morgan fingerprint density at radius 1 is 1.17 bits per heavy atom. The fraction of sp³-hybridized carbons (Fsp3) is 0.370. The van der Waals surface area contributed by atoms with Crippen molar-refractivity contribution >= 4 is 29.1 Å². The first kappa shape index (κ1) is 24.1. The van der Waals surface area contributed by atoms with Crippen molar-refractivity contribution in [1.29, 1.82) is 0 Å². The largest absolute Gasteiger partial charge is 0.493 e. The van der Waals surface area contributed by atoms with Crippen molar-refractivity contribution in [3.05, 3.63) is 52.1 Å². The Bertz CT molecular complexity index is 1340. The number of carbonyl (C=O) groups excluding carboxylic acids is 1. The molecular weight excluding hydrogens is 476 g/mol. The van der Waals surface area contributed by atoms with Crippen molar-refractivity contribution in [2.24, 2.45) is 10.1 Å². The summed E-state index contributed by atoms with van der Waals surface area (Å²) in [4.78, 5) is 17.8. The first-order valence-corrected chi connectivity index (χ1v) is 13.2. The normalized spacial score (nSPS) is 16.5. The predicted octanol–water partition coefficient (Wildman–Crippen LogP) is 5.07. The van der Waals surface area contributed by atoms with Crippen molar-refractivity contribution in [1.82, 2.24) is 4.68 Å². The van der Waals surface area contributed by atoms with Crippen LogP contribution < -0.4 is 24.3 Å². The van der Waals surface area contributed by atoms with Gasteiger partial charge in [0.05, 0.1) is 37.4 Å². The number of hydrogen-bond acceptors (Lipinski definition) is 7. The van der Waals surface area contributed by atoms with Crippen LogP contribution in [0.15, 0.2) is 51.9 Å². The van der Waals surface area contributed by atoms with Crippen LogP contribution in [-0.2, 0) is 4.79 Å². The number of aromatic nitrogens is 1. The summed E-state index contributed by atoms with van der Waals surface area (Å²) in [6, 6.07) is 11.8. The van der Waals surface area contributed by atoms with Gasteiger partial charge in [0.1, 0.15) is 5.75 Å². The van der Waals surface area contributed by atoms with Gasteiger partial charge in [-0.1, -0.05) is 19.3 Å². The zero-order valence-electron chi connectivity index (χ0n) is 20.5. The summed E-state index contributed by atoms with van der Waals surface area (Å²) in [5.74, 6) is 1.87. The van der Waals surface area contributed by atoms with Crippen molar-refractivity contribution in [3.8, 4) is 28.5 Å². The fourth-order valence-electron chi connectivity index (χ4n) is 4.47. The molecule has 0 spiro atoms. The van der Waals surface area contributed by atoms with Crippen LogP contribution in [0.25, 0.3) is 11.3 Å². The molecule has 1 aliphatic carbocycles. The van der Waals surface area contributed by atoms with E-state index in [0.717, 1.165) is 34.5 Å². The Morgan fingerprint density at radius 2 is 2.03 bits per heavy atom. The molecule has 1 amide bonds. The molecule has 2 aliphatic rings. The van der Waals surface area contributed by atoms with E-state index in [9.17, 15) is 4.79 Å². The molecule has 8 nitrogen and oxygen atoms in total. The van der Waals surface area contributed by atoms with Gasteiger partial charge in [0, 0.05) is 10.9 Å². The Labute approximate surface area is 214 Å². The van der Waals surface area contributed by atoms with Crippen molar-refractivity contribution in [3.63, 3.8) is 0 Å². The van der Waals surface area contributed by atoms with E-state index in [1.54, 1.807) is 24.7 Å². The average molecular weight is 507 g/mol. The van der Waals surface area contributed by atoms with Gasteiger partial charge < -0.3 is 19.5 Å². The third kappa shape index (κ3) is 5.31. The standard InChI is InChI=1S/C27H30N4O4S/c1-3-34-24-11-9-18(13-25(24)33-2)15-28-31-22(17-36-27(31)29-20-7-5-4-6-8-20)19-10-12-23-21(14-19)30-26(32)16-35-23/h9-15,17,20H,3-8,16H2,1-2H3,(H,30,32). The highest BCUT2D eigenvalue weighted by molar-refractivity contribution is 7.07. The summed E-state index contributed by atoms with van der Waals surface area (Å²) in [5, 5.41) is 9.80. The smallest absolute Gasteiger partial charge is 0.262 e. The summed E-state index contributed by atoms with van der Waals surface area (Å²) < 4.78 is 18.6.